The molecule has 0 bridgehead atoms. The summed E-state index contributed by atoms with van der Waals surface area (Å²) >= 11 is 7.76. The van der Waals surface area contributed by atoms with E-state index in [1.807, 2.05) is 37.9 Å². The minimum atomic E-state index is 0.423. The summed E-state index contributed by atoms with van der Waals surface area (Å²) in [5.74, 6) is 1.02. The molecule has 0 fully saturated rings. The van der Waals surface area contributed by atoms with Crippen LogP contribution in [0.2, 0.25) is 5.02 Å². The number of aryl methyl sites for hydroxylation is 2. The van der Waals surface area contributed by atoms with Gasteiger partial charge in [-0.25, -0.2) is 0 Å². The Labute approximate surface area is 136 Å². The smallest absolute Gasteiger partial charge is 0.0596 e. The van der Waals surface area contributed by atoms with Crippen LogP contribution in [-0.4, -0.2) is 28.6 Å². The van der Waals surface area contributed by atoms with Gasteiger partial charge in [-0.3, -0.25) is 4.68 Å². The fourth-order valence-electron chi connectivity index (χ4n) is 2.26. The van der Waals surface area contributed by atoms with Crippen LogP contribution in [0.5, 0.6) is 0 Å². The number of aromatic nitrogens is 2. The fourth-order valence-corrected chi connectivity index (χ4v) is 3.39. The van der Waals surface area contributed by atoms with Crippen molar-refractivity contribution in [2.75, 3.05) is 12.8 Å². The first-order chi connectivity index (χ1) is 10.1. The number of halogens is 1. The number of thioether (sulfide) groups is 1. The molecule has 1 unspecified atom stereocenters. The monoisotopic (exact) mass is 323 g/mol. The topological polar surface area (TPSA) is 29.9 Å². The first kappa shape index (κ1) is 16.4. The lowest BCUT2D eigenvalue weighted by molar-refractivity contribution is 0.556. The summed E-state index contributed by atoms with van der Waals surface area (Å²) in [5.41, 5.74) is 2.39. The average Bonchev–Trinajstić information content (AvgIpc) is 2.85. The van der Waals surface area contributed by atoms with Gasteiger partial charge in [0.1, 0.15) is 0 Å². The van der Waals surface area contributed by atoms with E-state index < -0.39 is 0 Å². The Bertz CT molecular complexity index is 565. The van der Waals surface area contributed by atoms with Crippen molar-refractivity contribution in [3.63, 3.8) is 0 Å². The molecule has 1 atom stereocenters. The third-order valence-corrected chi connectivity index (χ3v) is 4.84. The normalized spacial score (nSPS) is 12.6. The molecular weight excluding hydrogens is 302 g/mol. The molecule has 0 radical (unpaired) electrons. The Morgan fingerprint density at radius 2 is 2.05 bits per heavy atom. The van der Waals surface area contributed by atoms with E-state index in [1.54, 1.807) is 0 Å². The molecular formula is C16H22ClN3S. The summed E-state index contributed by atoms with van der Waals surface area (Å²) in [6.07, 6.45) is 0.992. The lowest BCUT2D eigenvalue weighted by Crippen LogP contribution is -2.31. The molecule has 2 rings (SSSR count). The predicted octanol–water partition coefficient (Wildman–Crippen LogP) is 3.79. The molecule has 1 aromatic carbocycles. The van der Waals surface area contributed by atoms with Crippen molar-refractivity contribution < 1.29 is 0 Å². The van der Waals surface area contributed by atoms with Crippen LogP contribution >= 0.6 is 23.4 Å². The van der Waals surface area contributed by atoms with Crippen LogP contribution in [0.3, 0.4) is 0 Å². The van der Waals surface area contributed by atoms with Crippen molar-refractivity contribution in [1.29, 1.82) is 0 Å². The van der Waals surface area contributed by atoms with E-state index in [4.69, 9.17) is 11.6 Å². The van der Waals surface area contributed by atoms with E-state index in [0.717, 1.165) is 29.4 Å². The Kier molecular flexibility index (Phi) is 6.15. The lowest BCUT2D eigenvalue weighted by Gasteiger charge is -2.16. The van der Waals surface area contributed by atoms with Gasteiger partial charge in [-0.15, -0.1) is 11.8 Å². The maximum atomic E-state index is 5.91. The van der Waals surface area contributed by atoms with Crippen molar-refractivity contribution in [2.45, 2.75) is 37.8 Å². The molecule has 0 aliphatic carbocycles. The molecule has 3 nitrogen and oxygen atoms in total. The SMILES string of the molecule is CCn1nc(C)cc1CC(CSc1ccc(Cl)cc1)NC. The van der Waals surface area contributed by atoms with E-state index in [0.29, 0.717) is 6.04 Å². The molecule has 1 N–H and O–H groups in total. The zero-order chi connectivity index (χ0) is 15.2. The second kappa shape index (κ2) is 7.87. The van der Waals surface area contributed by atoms with E-state index in [-0.39, 0.29) is 0 Å². The molecule has 0 saturated heterocycles. The average molecular weight is 324 g/mol. The maximum Gasteiger partial charge on any atom is 0.0596 e. The van der Waals surface area contributed by atoms with Crippen LogP contribution < -0.4 is 5.32 Å². The van der Waals surface area contributed by atoms with Gasteiger partial charge in [0.05, 0.1) is 5.69 Å². The third-order valence-electron chi connectivity index (χ3n) is 3.41. The first-order valence-corrected chi connectivity index (χ1v) is 8.57. The minimum absolute atomic E-state index is 0.423. The molecule has 0 saturated carbocycles. The number of nitrogens with zero attached hydrogens (tertiary/aromatic N) is 2. The highest BCUT2D eigenvalue weighted by Gasteiger charge is 2.12. The summed E-state index contributed by atoms with van der Waals surface area (Å²) in [7, 11) is 2.02. The summed E-state index contributed by atoms with van der Waals surface area (Å²) in [5, 5.41) is 8.70. The largest absolute Gasteiger partial charge is 0.316 e. The molecule has 0 aliphatic heterocycles. The number of hydrogen-bond acceptors (Lipinski definition) is 3. The van der Waals surface area contributed by atoms with Crippen molar-refractivity contribution in [1.82, 2.24) is 15.1 Å². The molecule has 114 valence electrons. The molecule has 0 aliphatic rings. The van der Waals surface area contributed by atoms with Gasteiger partial charge in [-0.05, 0) is 51.2 Å². The summed E-state index contributed by atoms with van der Waals surface area (Å²) in [4.78, 5) is 1.25. The first-order valence-electron chi connectivity index (χ1n) is 7.21. The molecule has 5 heteroatoms. The zero-order valence-corrected chi connectivity index (χ0v) is 14.3. The predicted molar refractivity (Wildman–Crippen MR) is 91.4 cm³/mol. The Morgan fingerprint density at radius 1 is 1.33 bits per heavy atom. The van der Waals surface area contributed by atoms with Crippen LogP contribution in [0.25, 0.3) is 0 Å². The molecule has 2 aromatic rings. The van der Waals surface area contributed by atoms with Crippen LogP contribution in [0.1, 0.15) is 18.3 Å². The fraction of sp³-hybridized carbons (Fsp3) is 0.438. The van der Waals surface area contributed by atoms with Gasteiger partial charge in [-0.1, -0.05) is 11.6 Å². The van der Waals surface area contributed by atoms with Gasteiger partial charge in [0, 0.05) is 40.4 Å². The van der Waals surface area contributed by atoms with Gasteiger partial charge < -0.3 is 5.32 Å². The highest BCUT2D eigenvalue weighted by Crippen LogP contribution is 2.22. The van der Waals surface area contributed by atoms with Crippen LogP contribution in [-0.2, 0) is 13.0 Å². The zero-order valence-electron chi connectivity index (χ0n) is 12.8. The molecule has 1 heterocycles. The van der Waals surface area contributed by atoms with Gasteiger partial charge >= 0.3 is 0 Å². The van der Waals surface area contributed by atoms with Gasteiger partial charge in [-0.2, -0.15) is 5.10 Å². The number of nitrogens with one attached hydrogen (secondary N) is 1. The van der Waals surface area contributed by atoms with Crippen molar-refractivity contribution in [3.8, 4) is 0 Å². The van der Waals surface area contributed by atoms with E-state index in [9.17, 15) is 0 Å². The highest BCUT2D eigenvalue weighted by atomic mass is 35.5. The summed E-state index contributed by atoms with van der Waals surface area (Å²) in [6, 6.07) is 10.6. The van der Waals surface area contributed by atoms with E-state index in [1.165, 1.54) is 10.6 Å². The van der Waals surface area contributed by atoms with Crippen molar-refractivity contribution >= 4 is 23.4 Å². The lowest BCUT2D eigenvalue weighted by atomic mass is 10.2. The molecule has 1 aromatic heterocycles. The van der Waals surface area contributed by atoms with Crippen molar-refractivity contribution in [3.05, 3.63) is 46.7 Å². The van der Waals surface area contributed by atoms with Crippen LogP contribution in [0.4, 0.5) is 0 Å². The number of rotatable bonds is 7. The van der Waals surface area contributed by atoms with Gasteiger partial charge in [0.25, 0.3) is 0 Å². The molecule has 0 spiro atoms. The number of benzene rings is 1. The summed E-state index contributed by atoms with van der Waals surface area (Å²) in [6.45, 7) is 5.10. The Hall–Kier alpha value is -0.970. The second-order valence-corrected chi connectivity index (χ2v) is 6.58. The van der Waals surface area contributed by atoms with Crippen molar-refractivity contribution in [2.24, 2.45) is 0 Å². The maximum absolute atomic E-state index is 5.91. The summed E-state index contributed by atoms with van der Waals surface area (Å²) < 4.78 is 2.09. The van der Waals surface area contributed by atoms with E-state index >= 15 is 0 Å². The van der Waals surface area contributed by atoms with Gasteiger partial charge in [0.2, 0.25) is 0 Å². The minimum Gasteiger partial charge on any atom is -0.316 e. The van der Waals surface area contributed by atoms with Crippen LogP contribution in [0.15, 0.2) is 35.2 Å². The van der Waals surface area contributed by atoms with Crippen LogP contribution in [0, 0.1) is 6.92 Å². The quantitative estimate of drug-likeness (QED) is 0.786. The highest BCUT2D eigenvalue weighted by molar-refractivity contribution is 7.99. The second-order valence-electron chi connectivity index (χ2n) is 5.05. The number of likely N-dealkylation sites (N-methyl/N-ethyl adjacent to an activating group) is 1. The Morgan fingerprint density at radius 3 is 2.67 bits per heavy atom. The van der Waals surface area contributed by atoms with E-state index in [2.05, 4.69) is 40.2 Å². The molecule has 21 heavy (non-hydrogen) atoms. The van der Waals surface area contributed by atoms with Gasteiger partial charge in [0.15, 0.2) is 0 Å². The Balaban J connectivity index is 1.95. The third kappa shape index (κ3) is 4.77. The standard InChI is InChI=1S/C16H22ClN3S/c1-4-20-15(9-12(2)19-20)10-14(18-3)11-21-16-7-5-13(17)6-8-16/h5-9,14,18H,4,10-11H2,1-3H3. The molecule has 0 amide bonds. The number of hydrogen-bond donors (Lipinski definition) is 1.